The third kappa shape index (κ3) is 1.18. The van der Waals surface area contributed by atoms with E-state index in [1.165, 1.54) is 11.3 Å². The summed E-state index contributed by atoms with van der Waals surface area (Å²) < 4.78 is 1.72. The number of aromatic nitrogens is 3. The van der Waals surface area contributed by atoms with Crippen LogP contribution in [0.3, 0.4) is 0 Å². The van der Waals surface area contributed by atoms with Gasteiger partial charge in [-0.3, -0.25) is 0 Å². The molecule has 0 saturated carbocycles. The van der Waals surface area contributed by atoms with Crippen molar-refractivity contribution in [2.24, 2.45) is 0 Å². The van der Waals surface area contributed by atoms with E-state index < -0.39 is 0 Å². The average Bonchev–Trinajstić information content (AvgIpc) is 2.58. The second kappa shape index (κ2) is 2.60. The Bertz CT molecular complexity index is 351. The zero-order chi connectivity index (χ0) is 8.55. The van der Waals surface area contributed by atoms with Gasteiger partial charge in [-0.25, -0.2) is 9.67 Å². The number of nitrogens with two attached hydrogens (primary N) is 1. The molecular weight excluding hydrogens is 172 g/mol. The van der Waals surface area contributed by atoms with Crippen molar-refractivity contribution in [2.45, 2.75) is 6.92 Å². The Hall–Kier alpha value is -1.36. The molecule has 2 heterocycles. The van der Waals surface area contributed by atoms with Crippen molar-refractivity contribution in [3.63, 3.8) is 0 Å². The van der Waals surface area contributed by atoms with E-state index >= 15 is 0 Å². The molecule has 4 nitrogen and oxygen atoms in total. The minimum absolute atomic E-state index is 0.707. The van der Waals surface area contributed by atoms with E-state index in [-0.39, 0.29) is 0 Å². The third-order valence-electron chi connectivity index (χ3n) is 1.42. The SMILES string of the molecule is Cc1cnn(-c2ncc(N)s2)c1. The van der Waals surface area contributed by atoms with Crippen molar-refractivity contribution < 1.29 is 0 Å². The maximum absolute atomic E-state index is 5.54. The first-order valence-corrected chi connectivity index (χ1v) is 4.30. The van der Waals surface area contributed by atoms with Crippen LogP contribution in [0.2, 0.25) is 0 Å². The van der Waals surface area contributed by atoms with Gasteiger partial charge < -0.3 is 5.73 Å². The molecule has 0 aromatic carbocycles. The predicted octanol–water partition coefficient (Wildman–Crippen LogP) is 1.22. The van der Waals surface area contributed by atoms with Crippen LogP contribution >= 0.6 is 11.3 Å². The van der Waals surface area contributed by atoms with Crippen molar-refractivity contribution in [3.8, 4) is 5.13 Å². The molecule has 0 unspecified atom stereocenters. The summed E-state index contributed by atoms with van der Waals surface area (Å²) in [5.41, 5.74) is 6.65. The molecule has 2 aromatic heterocycles. The number of nitrogens with zero attached hydrogens (tertiary/aromatic N) is 3. The fraction of sp³-hybridized carbons (Fsp3) is 0.143. The number of nitrogen functional groups attached to an aromatic ring is 1. The van der Waals surface area contributed by atoms with Crippen LogP contribution in [0.15, 0.2) is 18.6 Å². The van der Waals surface area contributed by atoms with Crippen molar-refractivity contribution in [1.29, 1.82) is 0 Å². The summed E-state index contributed by atoms with van der Waals surface area (Å²) in [5.74, 6) is 0. The molecule has 2 N–H and O–H groups in total. The maximum Gasteiger partial charge on any atom is 0.212 e. The van der Waals surface area contributed by atoms with Gasteiger partial charge in [-0.1, -0.05) is 11.3 Å². The Morgan fingerprint density at radius 1 is 1.50 bits per heavy atom. The highest BCUT2D eigenvalue weighted by Crippen LogP contribution is 2.17. The largest absolute Gasteiger partial charge is 0.389 e. The monoisotopic (exact) mass is 180 g/mol. The summed E-state index contributed by atoms with van der Waals surface area (Å²) in [6, 6.07) is 0. The van der Waals surface area contributed by atoms with Crippen LogP contribution in [0.5, 0.6) is 0 Å². The summed E-state index contributed by atoms with van der Waals surface area (Å²) in [6.45, 7) is 1.99. The predicted molar refractivity (Wildman–Crippen MR) is 48.4 cm³/mol. The third-order valence-corrected chi connectivity index (χ3v) is 2.24. The smallest absolute Gasteiger partial charge is 0.212 e. The molecule has 0 aliphatic rings. The second-order valence-corrected chi connectivity index (χ2v) is 3.55. The number of hydrogen-bond donors (Lipinski definition) is 1. The summed E-state index contributed by atoms with van der Waals surface area (Å²) in [6.07, 6.45) is 5.34. The summed E-state index contributed by atoms with van der Waals surface area (Å²) in [7, 11) is 0. The first-order chi connectivity index (χ1) is 5.75. The van der Waals surface area contributed by atoms with Gasteiger partial charge in [-0.15, -0.1) is 0 Å². The van der Waals surface area contributed by atoms with Crippen LogP contribution in [-0.4, -0.2) is 14.8 Å². The minimum atomic E-state index is 0.707. The molecule has 5 heteroatoms. The van der Waals surface area contributed by atoms with Gasteiger partial charge in [-0.2, -0.15) is 5.10 Å². The maximum atomic E-state index is 5.54. The van der Waals surface area contributed by atoms with Gasteiger partial charge in [0, 0.05) is 6.20 Å². The Kier molecular flexibility index (Phi) is 1.58. The number of thiazole rings is 1. The van der Waals surface area contributed by atoms with E-state index in [0.717, 1.165) is 10.7 Å². The zero-order valence-corrected chi connectivity index (χ0v) is 7.38. The zero-order valence-electron chi connectivity index (χ0n) is 6.56. The lowest BCUT2D eigenvalue weighted by Gasteiger charge is -1.90. The van der Waals surface area contributed by atoms with E-state index in [0.29, 0.717) is 5.00 Å². The van der Waals surface area contributed by atoms with Crippen molar-refractivity contribution in [1.82, 2.24) is 14.8 Å². The fourth-order valence-electron chi connectivity index (χ4n) is 0.900. The van der Waals surface area contributed by atoms with Gasteiger partial charge in [-0.05, 0) is 12.5 Å². The second-order valence-electron chi connectivity index (χ2n) is 2.51. The highest BCUT2D eigenvalue weighted by molar-refractivity contribution is 7.17. The molecule has 0 saturated heterocycles. The lowest BCUT2D eigenvalue weighted by Crippen LogP contribution is -1.91. The Morgan fingerprint density at radius 2 is 2.33 bits per heavy atom. The Balaban J connectivity index is 2.43. The lowest BCUT2D eigenvalue weighted by molar-refractivity contribution is 0.869. The summed E-state index contributed by atoms with van der Waals surface area (Å²) in [4.78, 5) is 4.09. The van der Waals surface area contributed by atoms with Crippen LogP contribution in [0.4, 0.5) is 5.00 Å². The topological polar surface area (TPSA) is 56.7 Å². The molecule has 0 aliphatic carbocycles. The van der Waals surface area contributed by atoms with Crippen LogP contribution in [0, 0.1) is 6.92 Å². The molecule has 0 atom stereocenters. The van der Waals surface area contributed by atoms with Gasteiger partial charge >= 0.3 is 0 Å². The molecule has 0 radical (unpaired) electrons. The van der Waals surface area contributed by atoms with Crippen molar-refractivity contribution in [3.05, 3.63) is 24.2 Å². The highest BCUT2D eigenvalue weighted by atomic mass is 32.1. The van der Waals surface area contributed by atoms with Gasteiger partial charge in [0.05, 0.1) is 12.4 Å². The number of aryl methyl sites for hydroxylation is 1. The highest BCUT2D eigenvalue weighted by Gasteiger charge is 2.01. The molecule has 0 spiro atoms. The molecule has 0 bridgehead atoms. The number of hydrogen-bond acceptors (Lipinski definition) is 4. The molecule has 0 amide bonds. The van der Waals surface area contributed by atoms with E-state index in [9.17, 15) is 0 Å². The molecular formula is C7H8N4S. The molecule has 12 heavy (non-hydrogen) atoms. The number of rotatable bonds is 1. The quantitative estimate of drug-likeness (QED) is 0.717. The summed E-state index contributed by atoms with van der Waals surface area (Å²) in [5, 5.41) is 5.62. The van der Waals surface area contributed by atoms with Gasteiger partial charge in [0.25, 0.3) is 0 Å². The van der Waals surface area contributed by atoms with Gasteiger partial charge in [0.2, 0.25) is 5.13 Å². The Morgan fingerprint density at radius 3 is 2.83 bits per heavy atom. The van der Waals surface area contributed by atoms with Crippen molar-refractivity contribution in [2.75, 3.05) is 5.73 Å². The van der Waals surface area contributed by atoms with E-state index in [1.807, 2.05) is 13.1 Å². The fourth-order valence-corrected chi connectivity index (χ4v) is 1.52. The lowest BCUT2D eigenvalue weighted by atomic mass is 10.4. The Labute approximate surface area is 73.7 Å². The van der Waals surface area contributed by atoms with Crippen LogP contribution in [0.25, 0.3) is 5.13 Å². The van der Waals surface area contributed by atoms with E-state index in [2.05, 4.69) is 10.1 Å². The van der Waals surface area contributed by atoms with Crippen LogP contribution < -0.4 is 5.73 Å². The van der Waals surface area contributed by atoms with E-state index in [4.69, 9.17) is 5.73 Å². The molecule has 0 aliphatic heterocycles. The van der Waals surface area contributed by atoms with Gasteiger partial charge in [0.1, 0.15) is 5.00 Å². The normalized spacial score (nSPS) is 10.4. The molecule has 62 valence electrons. The molecule has 2 aromatic rings. The standard InChI is InChI=1S/C7H8N4S/c1-5-2-10-11(4-5)7-9-3-6(8)12-7/h2-4H,8H2,1H3. The first-order valence-electron chi connectivity index (χ1n) is 3.48. The van der Waals surface area contributed by atoms with E-state index in [1.54, 1.807) is 17.1 Å². The summed E-state index contributed by atoms with van der Waals surface area (Å²) >= 11 is 1.42. The molecule has 2 rings (SSSR count). The first kappa shape index (κ1) is 7.30. The molecule has 0 fully saturated rings. The van der Waals surface area contributed by atoms with Crippen molar-refractivity contribution >= 4 is 16.3 Å². The van der Waals surface area contributed by atoms with Gasteiger partial charge in [0.15, 0.2) is 0 Å². The minimum Gasteiger partial charge on any atom is -0.389 e. The number of anilines is 1. The van der Waals surface area contributed by atoms with Crippen LogP contribution in [0.1, 0.15) is 5.56 Å². The average molecular weight is 180 g/mol. The van der Waals surface area contributed by atoms with Crippen LogP contribution in [-0.2, 0) is 0 Å².